The third-order valence-corrected chi connectivity index (χ3v) is 4.70. The number of para-hydroxylation sites is 1. The van der Waals surface area contributed by atoms with Gasteiger partial charge in [0.15, 0.2) is 0 Å². The first-order chi connectivity index (χ1) is 13.3. The molecule has 0 radical (unpaired) electrons. The molecule has 146 valence electrons. The number of hydrazone groups is 1. The Hall–Kier alpha value is -2.87. The number of piperidine rings is 1. The van der Waals surface area contributed by atoms with Gasteiger partial charge in [-0.2, -0.15) is 18.3 Å². The van der Waals surface area contributed by atoms with E-state index in [-0.39, 0.29) is 18.7 Å². The Kier molecular flexibility index (Phi) is 5.69. The zero-order chi connectivity index (χ0) is 20.3. The lowest BCUT2D eigenvalue weighted by atomic mass is 10.0. The van der Waals surface area contributed by atoms with Crippen molar-refractivity contribution in [1.29, 1.82) is 0 Å². The molecule has 0 spiro atoms. The predicted molar refractivity (Wildman–Crippen MR) is 102 cm³/mol. The lowest BCUT2D eigenvalue weighted by Crippen LogP contribution is -2.45. The Bertz CT molecular complexity index is 942. The van der Waals surface area contributed by atoms with E-state index < -0.39 is 22.7 Å². The molecule has 9 heteroatoms. The summed E-state index contributed by atoms with van der Waals surface area (Å²) in [6, 6.07) is 12.5. The lowest BCUT2D eigenvalue weighted by Gasteiger charge is -2.29. The van der Waals surface area contributed by atoms with Crippen molar-refractivity contribution >= 4 is 34.6 Å². The van der Waals surface area contributed by atoms with Crippen LogP contribution in [0.4, 0.5) is 18.9 Å². The number of rotatable bonds is 2. The number of likely N-dealkylation sites (tertiary alicyclic amines) is 1. The van der Waals surface area contributed by atoms with Gasteiger partial charge in [-0.25, -0.2) is 0 Å². The summed E-state index contributed by atoms with van der Waals surface area (Å²) in [4.78, 5) is 18.6. The first-order valence-electron chi connectivity index (χ1n) is 8.36. The monoisotopic (exact) mass is 408 g/mol. The smallest absolute Gasteiger partial charge is 0.332 e. The van der Waals surface area contributed by atoms with Gasteiger partial charge in [-0.15, -0.1) is 0 Å². The molecule has 3 rings (SSSR count). The minimum Gasteiger partial charge on any atom is -0.332 e. The van der Waals surface area contributed by atoms with Gasteiger partial charge in [-0.3, -0.25) is 9.79 Å². The van der Waals surface area contributed by atoms with E-state index in [0.29, 0.717) is 17.8 Å². The first-order valence-corrected chi connectivity index (χ1v) is 8.73. The molecule has 0 aliphatic carbocycles. The van der Waals surface area contributed by atoms with Gasteiger partial charge >= 0.3 is 6.18 Å². The van der Waals surface area contributed by atoms with E-state index in [1.54, 1.807) is 0 Å². The van der Waals surface area contributed by atoms with Crippen LogP contribution in [0.3, 0.4) is 0 Å². The summed E-state index contributed by atoms with van der Waals surface area (Å²) in [5, 5.41) is 3.09. The van der Waals surface area contributed by atoms with Crippen molar-refractivity contribution in [1.82, 2.24) is 4.90 Å². The third kappa shape index (κ3) is 4.17. The maximum Gasteiger partial charge on any atom is 0.417 e. The van der Waals surface area contributed by atoms with E-state index >= 15 is 0 Å². The highest BCUT2D eigenvalue weighted by molar-refractivity contribution is 6.44. The molecular formula is C19H16ClF3N4O. The standard InChI is InChI=1S/C19H16ClF3N4O/c20-17-13(7-4-8-14(17)19(21,22)23)18(28)27-10-9-15(16(11-27)26-24)25-12-5-2-1-3-6-12/h1-8H,9-11,24H2. The van der Waals surface area contributed by atoms with Crippen LogP contribution in [0.5, 0.6) is 0 Å². The Balaban J connectivity index is 1.84. The van der Waals surface area contributed by atoms with Gasteiger partial charge in [0.2, 0.25) is 0 Å². The predicted octanol–water partition coefficient (Wildman–Crippen LogP) is 4.29. The van der Waals surface area contributed by atoms with Gasteiger partial charge < -0.3 is 10.7 Å². The van der Waals surface area contributed by atoms with Crippen molar-refractivity contribution in [2.75, 3.05) is 13.1 Å². The first kappa shape index (κ1) is 19.9. The molecule has 1 fully saturated rings. The van der Waals surface area contributed by atoms with Crippen LogP contribution in [0.1, 0.15) is 22.3 Å². The summed E-state index contributed by atoms with van der Waals surface area (Å²) in [6.45, 7) is 0.295. The lowest BCUT2D eigenvalue weighted by molar-refractivity contribution is -0.137. The molecular weight excluding hydrogens is 393 g/mol. The number of benzene rings is 2. The zero-order valence-electron chi connectivity index (χ0n) is 14.6. The average Bonchev–Trinajstić information content (AvgIpc) is 2.68. The fraction of sp³-hybridized carbons (Fsp3) is 0.211. The van der Waals surface area contributed by atoms with Crippen LogP contribution in [0.25, 0.3) is 0 Å². The fourth-order valence-corrected chi connectivity index (χ4v) is 3.20. The molecule has 0 aromatic heterocycles. The number of alkyl halides is 3. The van der Waals surface area contributed by atoms with Gasteiger partial charge in [0.05, 0.1) is 34.1 Å². The number of halogens is 4. The molecule has 0 bridgehead atoms. The minimum atomic E-state index is -4.64. The maximum atomic E-state index is 13.0. The highest BCUT2D eigenvalue weighted by Gasteiger charge is 2.36. The maximum absolute atomic E-state index is 13.0. The van der Waals surface area contributed by atoms with Crippen LogP contribution in [-0.2, 0) is 6.18 Å². The fourth-order valence-electron chi connectivity index (χ4n) is 2.89. The summed E-state index contributed by atoms with van der Waals surface area (Å²) in [6.07, 6.45) is -4.28. The SMILES string of the molecule is NN=C1CN(C(=O)c2cccc(C(F)(F)F)c2Cl)CCC1=Nc1ccccc1. The second kappa shape index (κ2) is 8.02. The normalized spacial score (nSPS) is 17.9. The van der Waals surface area contributed by atoms with E-state index in [9.17, 15) is 18.0 Å². The van der Waals surface area contributed by atoms with Crippen LogP contribution in [0, 0.1) is 0 Å². The summed E-state index contributed by atoms with van der Waals surface area (Å²) >= 11 is 5.87. The zero-order valence-corrected chi connectivity index (χ0v) is 15.3. The Morgan fingerprint density at radius 1 is 1.07 bits per heavy atom. The molecule has 0 saturated carbocycles. The Morgan fingerprint density at radius 3 is 2.43 bits per heavy atom. The number of hydrogen-bond donors (Lipinski definition) is 1. The molecule has 5 nitrogen and oxygen atoms in total. The second-order valence-corrected chi connectivity index (χ2v) is 6.49. The van der Waals surface area contributed by atoms with Crippen LogP contribution in [-0.4, -0.2) is 35.3 Å². The van der Waals surface area contributed by atoms with E-state index in [1.165, 1.54) is 11.0 Å². The number of hydrogen-bond acceptors (Lipinski definition) is 4. The molecule has 28 heavy (non-hydrogen) atoms. The summed E-state index contributed by atoms with van der Waals surface area (Å²) in [5.74, 6) is 4.84. The van der Waals surface area contributed by atoms with E-state index in [0.717, 1.165) is 17.8 Å². The van der Waals surface area contributed by atoms with Crippen LogP contribution < -0.4 is 5.84 Å². The van der Waals surface area contributed by atoms with Gasteiger partial charge in [-0.05, 0) is 24.3 Å². The number of carbonyl (C=O) groups is 1. The molecule has 1 aliphatic rings. The van der Waals surface area contributed by atoms with Crippen molar-refractivity contribution in [3.63, 3.8) is 0 Å². The highest BCUT2D eigenvalue weighted by Crippen LogP contribution is 2.36. The van der Waals surface area contributed by atoms with Crippen molar-refractivity contribution in [2.45, 2.75) is 12.6 Å². The molecule has 1 heterocycles. The minimum absolute atomic E-state index is 0.0353. The molecule has 1 amide bonds. The molecule has 1 aliphatic heterocycles. The van der Waals surface area contributed by atoms with Crippen molar-refractivity contribution in [3.8, 4) is 0 Å². The quantitative estimate of drug-likeness (QED) is 0.594. The van der Waals surface area contributed by atoms with Gasteiger partial charge in [0, 0.05) is 13.0 Å². The Morgan fingerprint density at radius 2 is 1.79 bits per heavy atom. The molecule has 0 unspecified atom stereocenters. The van der Waals surface area contributed by atoms with Crippen LogP contribution in [0.15, 0.2) is 58.6 Å². The number of aliphatic imine (C=N–C) groups is 1. The van der Waals surface area contributed by atoms with E-state index in [2.05, 4.69) is 10.1 Å². The number of nitrogens with two attached hydrogens (primary N) is 1. The Labute approximate surface area is 164 Å². The second-order valence-electron chi connectivity index (χ2n) is 6.11. The van der Waals surface area contributed by atoms with Gasteiger partial charge in [0.25, 0.3) is 5.91 Å². The van der Waals surface area contributed by atoms with Crippen molar-refractivity contribution in [3.05, 3.63) is 64.7 Å². The topological polar surface area (TPSA) is 71.0 Å². The van der Waals surface area contributed by atoms with Crippen LogP contribution in [0.2, 0.25) is 5.02 Å². The number of carbonyl (C=O) groups excluding carboxylic acids is 1. The molecule has 0 atom stereocenters. The number of amides is 1. The summed E-state index contributed by atoms with van der Waals surface area (Å²) in [7, 11) is 0. The van der Waals surface area contributed by atoms with Crippen molar-refractivity contribution in [2.24, 2.45) is 15.9 Å². The molecule has 2 N–H and O–H groups in total. The third-order valence-electron chi connectivity index (χ3n) is 4.29. The average molecular weight is 409 g/mol. The van der Waals surface area contributed by atoms with Gasteiger partial charge in [-0.1, -0.05) is 35.9 Å². The number of nitrogens with zero attached hydrogens (tertiary/aromatic N) is 3. The van der Waals surface area contributed by atoms with E-state index in [4.69, 9.17) is 17.4 Å². The highest BCUT2D eigenvalue weighted by atomic mass is 35.5. The molecule has 1 saturated heterocycles. The molecule has 2 aromatic rings. The van der Waals surface area contributed by atoms with Crippen LogP contribution >= 0.6 is 11.6 Å². The molecule has 2 aromatic carbocycles. The largest absolute Gasteiger partial charge is 0.417 e. The summed E-state index contributed by atoms with van der Waals surface area (Å²) in [5.41, 5.74) is 0.492. The van der Waals surface area contributed by atoms with Crippen molar-refractivity contribution < 1.29 is 18.0 Å². The summed E-state index contributed by atoms with van der Waals surface area (Å²) < 4.78 is 39.1. The van der Waals surface area contributed by atoms with Gasteiger partial charge in [0.1, 0.15) is 5.71 Å². The van der Waals surface area contributed by atoms with E-state index in [1.807, 2.05) is 30.3 Å².